The highest BCUT2D eigenvalue weighted by Crippen LogP contribution is 2.28. The van der Waals surface area contributed by atoms with Gasteiger partial charge < -0.3 is 14.0 Å². The minimum Gasteiger partial charge on any atom is -0.484 e. The number of pyridine rings is 1. The van der Waals surface area contributed by atoms with Crippen LogP contribution in [0.2, 0.25) is 4.34 Å². The summed E-state index contributed by atoms with van der Waals surface area (Å²) in [6, 6.07) is 9.55. The van der Waals surface area contributed by atoms with E-state index >= 15 is 0 Å². The first-order chi connectivity index (χ1) is 13.5. The summed E-state index contributed by atoms with van der Waals surface area (Å²) in [5.41, 5.74) is 2.70. The molecule has 0 radical (unpaired) electrons. The van der Waals surface area contributed by atoms with E-state index in [1.807, 2.05) is 31.2 Å². The molecule has 0 aliphatic heterocycles. The monoisotopic (exact) mass is 478 g/mol. The molecule has 144 valence electrons. The zero-order chi connectivity index (χ0) is 19.7. The van der Waals surface area contributed by atoms with Crippen molar-refractivity contribution in [1.29, 1.82) is 0 Å². The molecule has 0 N–H and O–H groups in total. The first kappa shape index (κ1) is 19.2. The van der Waals surface area contributed by atoms with Crippen LogP contribution in [0.25, 0.3) is 11.0 Å². The van der Waals surface area contributed by atoms with Crippen molar-refractivity contribution in [3.05, 3.63) is 61.9 Å². The minimum atomic E-state index is 0.293. The molecule has 4 aromatic rings. The third-order valence-electron chi connectivity index (χ3n) is 4.14. The molecule has 0 atom stereocenters. The van der Waals surface area contributed by atoms with Crippen molar-refractivity contribution < 1.29 is 9.47 Å². The standard InChI is InChI=1S/C19H16BrClN4O2S/c1-11-23-15(19(21)28-11)9-25-16-7-12(20)3-5-14(16)24-17(25)10-27-13-4-6-18(26-2)22-8-13/h3-8H,9-10H2,1-2H3. The van der Waals surface area contributed by atoms with Gasteiger partial charge in [0.25, 0.3) is 0 Å². The quantitative estimate of drug-likeness (QED) is 0.378. The molecule has 28 heavy (non-hydrogen) atoms. The number of aromatic nitrogens is 4. The molecule has 4 rings (SSSR count). The lowest BCUT2D eigenvalue weighted by Gasteiger charge is -2.10. The average Bonchev–Trinajstić information content (AvgIpc) is 3.19. The Morgan fingerprint density at radius 1 is 1.21 bits per heavy atom. The lowest BCUT2D eigenvalue weighted by molar-refractivity contribution is 0.288. The second-order valence-corrected chi connectivity index (χ2v) is 8.75. The lowest BCUT2D eigenvalue weighted by Crippen LogP contribution is -2.09. The Morgan fingerprint density at radius 2 is 2.07 bits per heavy atom. The molecule has 0 aliphatic rings. The van der Waals surface area contributed by atoms with Gasteiger partial charge >= 0.3 is 0 Å². The van der Waals surface area contributed by atoms with E-state index < -0.39 is 0 Å². The van der Waals surface area contributed by atoms with Crippen molar-refractivity contribution in [2.75, 3.05) is 7.11 Å². The van der Waals surface area contributed by atoms with E-state index in [9.17, 15) is 0 Å². The molecule has 3 aromatic heterocycles. The first-order valence-electron chi connectivity index (χ1n) is 8.43. The summed E-state index contributed by atoms with van der Waals surface area (Å²) in [5.74, 6) is 1.96. The van der Waals surface area contributed by atoms with E-state index in [-0.39, 0.29) is 0 Å². The summed E-state index contributed by atoms with van der Waals surface area (Å²) >= 11 is 11.4. The first-order valence-corrected chi connectivity index (χ1v) is 10.4. The van der Waals surface area contributed by atoms with Gasteiger partial charge in [0.1, 0.15) is 22.5 Å². The Kier molecular flexibility index (Phi) is 5.52. The number of rotatable bonds is 6. The van der Waals surface area contributed by atoms with E-state index in [2.05, 4.69) is 30.5 Å². The van der Waals surface area contributed by atoms with Crippen LogP contribution >= 0.6 is 38.9 Å². The maximum atomic E-state index is 6.36. The van der Waals surface area contributed by atoms with Crippen LogP contribution in [0.1, 0.15) is 16.5 Å². The highest BCUT2D eigenvalue weighted by molar-refractivity contribution is 9.10. The van der Waals surface area contributed by atoms with Crippen LogP contribution in [-0.4, -0.2) is 26.6 Å². The highest BCUT2D eigenvalue weighted by Gasteiger charge is 2.16. The van der Waals surface area contributed by atoms with Gasteiger partial charge in [-0.1, -0.05) is 27.5 Å². The Labute approximate surface area is 179 Å². The SMILES string of the molecule is COc1ccc(OCc2nc3ccc(Br)cc3n2Cc2nc(C)sc2Cl)cn1. The van der Waals surface area contributed by atoms with Crippen molar-refractivity contribution in [2.24, 2.45) is 0 Å². The number of benzene rings is 1. The number of nitrogens with zero attached hydrogens (tertiary/aromatic N) is 4. The number of methoxy groups -OCH3 is 1. The summed E-state index contributed by atoms with van der Waals surface area (Å²) in [7, 11) is 1.58. The molecule has 3 heterocycles. The summed E-state index contributed by atoms with van der Waals surface area (Å²) in [6.45, 7) is 2.76. The van der Waals surface area contributed by atoms with Gasteiger partial charge in [0.15, 0.2) is 0 Å². The van der Waals surface area contributed by atoms with Crippen LogP contribution < -0.4 is 9.47 Å². The van der Waals surface area contributed by atoms with E-state index in [0.29, 0.717) is 29.1 Å². The predicted octanol–water partition coefficient (Wildman–Crippen LogP) is 5.25. The number of hydrogen-bond acceptors (Lipinski definition) is 6. The zero-order valence-electron chi connectivity index (χ0n) is 15.1. The molecule has 0 aliphatic carbocycles. The van der Waals surface area contributed by atoms with Crippen molar-refractivity contribution in [3.8, 4) is 11.6 Å². The molecule has 1 aromatic carbocycles. The smallest absolute Gasteiger partial charge is 0.213 e. The number of halogens is 2. The zero-order valence-corrected chi connectivity index (χ0v) is 18.3. The van der Waals surface area contributed by atoms with Crippen LogP contribution in [0.4, 0.5) is 0 Å². The number of fused-ring (bicyclic) bond motifs is 1. The molecule has 6 nitrogen and oxygen atoms in total. The van der Waals surface area contributed by atoms with Crippen molar-refractivity contribution in [1.82, 2.24) is 19.5 Å². The van der Waals surface area contributed by atoms with Crippen LogP contribution in [0.5, 0.6) is 11.6 Å². The van der Waals surface area contributed by atoms with Crippen molar-refractivity contribution >= 4 is 49.9 Å². The summed E-state index contributed by atoms with van der Waals surface area (Å²) in [4.78, 5) is 13.5. The summed E-state index contributed by atoms with van der Waals surface area (Å²) in [5, 5.41) is 0.938. The highest BCUT2D eigenvalue weighted by atomic mass is 79.9. The third kappa shape index (κ3) is 3.99. The Bertz CT molecular complexity index is 1130. The molecule has 0 amide bonds. The molecular formula is C19H16BrClN4O2S. The fraction of sp³-hybridized carbons (Fsp3) is 0.211. The van der Waals surface area contributed by atoms with E-state index in [1.165, 1.54) is 11.3 Å². The number of thiazole rings is 1. The van der Waals surface area contributed by atoms with Crippen LogP contribution in [0.15, 0.2) is 41.0 Å². The molecule has 0 spiro atoms. The predicted molar refractivity (Wildman–Crippen MR) is 114 cm³/mol. The number of ether oxygens (including phenoxy) is 2. The molecule has 0 bridgehead atoms. The fourth-order valence-electron chi connectivity index (χ4n) is 2.85. The van der Waals surface area contributed by atoms with Gasteiger partial charge in [-0.2, -0.15) is 0 Å². The average molecular weight is 480 g/mol. The Hall–Kier alpha value is -2.16. The van der Waals surface area contributed by atoms with E-state index in [0.717, 1.165) is 32.0 Å². The normalized spacial score (nSPS) is 11.1. The van der Waals surface area contributed by atoms with Gasteiger partial charge in [-0.25, -0.2) is 15.0 Å². The largest absolute Gasteiger partial charge is 0.484 e. The van der Waals surface area contributed by atoms with Gasteiger partial charge in [-0.15, -0.1) is 11.3 Å². The molecular weight excluding hydrogens is 464 g/mol. The second-order valence-electron chi connectivity index (χ2n) is 6.03. The van der Waals surface area contributed by atoms with Crippen molar-refractivity contribution in [2.45, 2.75) is 20.1 Å². The molecule has 0 saturated carbocycles. The van der Waals surface area contributed by atoms with Gasteiger partial charge in [0.05, 0.1) is 41.6 Å². The Morgan fingerprint density at radius 3 is 2.75 bits per heavy atom. The van der Waals surface area contributed by atoms with Gasteiger partial charge in [0.2, 0.25) is 5.88 Å². The van der Waals surface area contributed by atoms with Gasteiger partial charge in [-0.3, -0.25) is 0 Å². The summed E-state index contributed by atoms with van der Waals surface area (Å²) in [6.07, 6.45) is 1.63. The number of aryl methyl sites for hydroxylation is 1. The van der Waals surface area contributed by atoms with Crippen LogP contribution in [0.3, 0.4) is 0 Å². The van der Waals surface area contributed by atoms with Crippen LogP contribution in [0, 0.1) is 6.92 Å². The number of imidazole rings is 1. The van der Waals surface area contributed by atoms with E-state index in [4.69, 9.17) is 26.1 Å². The van der Waals surface area contributed by atoms with E-state index in [1.54, 1.807) is 19.4 Å². The fourth-order valence-corrected chi connectivity index (χ4v) is 4.27. The maximum absolute atomic E-state index is 6.36. The topological polar surface area (TPSA) is 62.1 Å². The lowest BCUT2D eigenvalue weighted by atomic mass is 10.3. The molecule has 0 saturated heterocycles. The maximum Gasteiger partial charge on any atom is 0.213 e. The molecule has 0 fully saturated rings. The summed E-state index contributed by atoms with van der Waals surface area (Å²) < 4.78 is 14.7. The van der Waals surface area contributed by atoms with Crippen molar-refractivity contribution in [3.63, 3.8) is 0 Å². The second kappa shape index (κ2) is 8.06. The molecule has 0 unspecified atom stereocenters. The van der Waals surface area contributed by atoms with Gasteiger partial charge in [-0.05, 0) is 31.2 Å². The third-order valence-corrected chi connectivity index (χ3v) is 5.88. The van der Waals surface area contributed by atoms with Gasteiger partial charge in [0, 0.05) is 10.5 Å². The number of hydrogen-bond donors (Lipinski definition) is 0. The minimum absolute atomic E-state index is 0.293. The van der Waals surface area contributed by atoms with Crippen LogP contribution in [-0.2, 0) is 13.2 Å². The Balaban J connectivity index is 1.67. The molecule has 9 heteroatoms.